The third-order valence-corrected chi connectivity index (χ3v) is 6.21. The first-order chi connectivity index (χ1) is 15.4. The van der Waals surface area contributed by atoms with Gasteiger partial charge in [-0.25, -0.2) is 4.68 Å². The number of carbonyl (C=O) groups is 2. The lowest BCUT2D eigenvalue weighted by Crippen LogP contribution is -2.23. The van der Waals surface area contributed by atoms with Gasteiger partial charge in [-0.05, 0) is 48.7 Å². The molecule has 162 valence electrons. The highest BCUT2D eigenvalue weighted by Crippen LogP contribution is 2.25. The van der Waals surface area contributed by atoms with Crippen LogP contribution in [0.25, 0.3) is 5.69 Å². The normalized spacial score (nSPS) is 10.7. The van der Waals surface area contributed by atoms with Gasteiger partial charge < -0.3 is 10.6 Å². The SMILES string of the molecule is Cc1c(NC(=O)c2ccc(Cl)c(NC(=O)c3cccs3)c2)c(=O)n(-c2ccccc2)n1C. The molecule has 0 spiro atoms. The highest BCUT2D eigenvalue weighted by molar-refractivity contribution is 7.12. The minimum absolute atomic E-state index is 0.181. The van der Waals surface area contributed by atoms with Gasteiger partial charge in [0.05, 0.1) is 27.0 Å². The van der Waals surface area contributed by atoms with Crippen molar-refractivity contribution in [3.63, 3.8) is 0 Å². The maximum atomic E-state index is 13.0. The van der Waals surface area contributed by atoms with Gasteiger partial charge in [-0.15, -0.1) is 11.3 Å². The van der Waals surface area contributed by atoms with Gasteiger partial charge in [0, 0.05) is 12.6 Å². The zero-order chi connectivity index (χ0) is 22.8. The Labute approximate surface area is 192 Å². The molecular weight excluding hydrogens is 448 g/mol. The number of amides is 2. The molecule has 32 heavy (non-hydrogen) atoms. The molecule has 2 aromatic carbocycles. The molecule has 4 rings (SSSR count). The minimum atomic E-state index is -0.487. The number of nitrogens with one attached hydrogen (secondary N) is 2. The fourth-order valence-corrected chi connectivity index (χ4v) is 4.04. The second-order valence-corrected chi connectivity index (χ2v) is 8.37. The molecule has 0 aliphatic carbocycles. The zero-order valence-electron chi connectivity index (χ0n) is 17.3. The van der Waals surface area contributed by atoms with Crippen molar-refractivity contribution in [2.24, 2.45) is 7.05 Å². The first-order valence-corrected chi connectivity index (χ1v) is 10.9. The van der Waals surface area contributed by atoms with Crippen LogP contribution in [0.5, 0.6) is 0 Å². The number of hydrogen-bond donors (Lipinski definition) is 2. The van der Waals surface area contributed by atoms with Gasteiger partial charge in [0.25, 0.3) is 17.4 Å². The van der Waals surface area contributed by atoms with Crippen LogP contribution in [-0.2, 0) is 7.05 Å². The summed E-state index contributed by atoms with van der Waals surface area (Å²) in [6.45, 7) is 1.75. The summed E-state index contributed by atoms with van der Waals surface area (Å²) in [5, 5.41) is 7.52. The summed E-state index contributed by atoms with van der Waals surface area (Å²) in [4.78, 5) is 38.8. The molecule has 0 radical (unpaired) electrons. The van der Waals surface area contributed by atoms with Crippen LogP contribution in [0.1, 0.15) is 25.7 Å². The molecule has 0 bridgehead atoms. The van der Waals surface area contributed by atoms with E-state index in [2.05, 4.69) is 10.6 Å². The summed E-state index contributed by atoms with van der Waals surface area (Å²) in [5.41, 5.74) is 1.69. The predicted octanol–water partition coefficient (Wildman–Crippen LogP) is 4.70. The van der Waals surface area contributed by atoms with Gasteiger partial charge in [0.2, 0.25) is 0 Å². The fourth-order valence-electron chi connectivity index (χ4n) is 3.25. The zero-order valence-corrected chi connectivity index (χ0v) is 18.8. The number of carbonyl (C=O) groups excluding carboxylic acids is 2. The quantitative estimate of drug-likeness (QED) is 0.447. The first-order valence-electron chi connectivity index (χ1n) is 9.66. The van der Waals surface area contributed by atoms with Gasteiger partial charge in [-0.1, -0.05) is 35.9 Å². The van der Waals surface area contributed by atoms with Crippen LogP contribution in [0.4, 0.5) is 11.4 Å². The number of rotatable bonds is 5. The summed E-state index contributed by atoms with van der Waals surface area (Å²) < 4.78 is 3.17. The first kappa shape index (κ1) is 21.6. The highest BCUT2D eigenvalue weighted by atomic mass is 35.5. The van der Waals surface area contributed by atoms with Crippen molar-refractivity contribution >= 4 is 46.1 Å². The molecule has 0 aliphatic rings. The van der Waals surface area contributed by atoms with Crippen LogP contribution >= 0.6 is 22.9 Å². The van der Waals surface area contributed by atoms with Crippen LogP contribution in [0.15, 0.2) is 70.8 Å². The fraction of sp³-hybridized carbons (Fsp3) is 0.0870. The molecule has 2 N–H and O–H groups in total. The number of thiophene rings is 1. The Morgan fingerprint density at radius 3 is 2.41 bits per heavy atom. The Morgan fingerprint density at radius 2 is 1.72 bits per heavy atom. The van der Waals surface area contributed by atoms with E-state index in [1.807, 2.05) is 30.3 Å². The minimum Gasteiger partial charge on any atom is -0.320 e. The summed E-state index contributed by atoms with van der Waals surface area (Å²) >= 11 is 7.51. The highest BCUT2D eigenvalue weighted by Gasteiger charge is 2.20. The van der Waals surface area contributed by atoms with E-state index >= 15 is 0 Å². The van der Waals surface area contributed by atoms with Gasteiger partial charge in [0.15, 0.2) is 0 Å². The van der Waals surface area contributed by atoms with Gasteiger partial charge in [-0.2, -0.15) is 0 Å². The Bertz CT molecular complexity index is 1360. The van der Waals surface area contributed by atoms with E-state index in [0.29, 0.717) is 27.0 Å². The van der Waals surface area contributed by atoms with Crippen molar-refractivity contribution in [1.29, 1.82) is 0 Å². The Hall–Kier alpha value is -3.62. The maximum Gasteiger partial charge on any atom is 0.295 e. The van der Waals surface area contributed by atoms with Crippen molar-refractivity contribution in [1.82, 2.24) is 9.36 Å². The summed E-state index contributed by atoms with van der Waals surface area (Å²) in [6, 6.07) is 17.2. The lowest BCUT2D eigenvalue weighted by molar-refractivity contribution is 0.101. The molecule has 2 heterocycles. The van der Waals surface area contributed by atoms with E-state index in [-0.39, 0.29) is 22.7 Å². The average molecular weight is 467 g/mol. The third kappa shape index (κ3) is 4.10. The molecule has 0 fully saturated rings. The third-order valence-electron chi connectivity index (χ3n) is 5.01. The lowest BCUT2D eigenvalue weighted by atomic mass is 10.1. The number of para-hydroxylation sites is 1. The smallest absolute Gasteiger partial charge is 0.295 e. The van der Waals surface area contributed by atoms with E-state index < -0.39 is 5.91 Å². The standard InChI is InChI=1S/C23H19ClN4O3S/c1-14-20(23(31)28(27(14)2)16-7-4-3-5-8-16)26-21(29)15-10-11-17(24)18(13-15)25-22(30)19-9-6-12-32-19/h3-13H,1-2H3,(H,25,30)(H,26,29). The molecule has 9 heteroatoms. The van der Waals surface area contributed by atoms with E-state index in [4.69, 9.17) is 11.6 Å². The Morgan fingerprint density at radius 1 is 0.969 bits per heavy atom. The van der Waals surface area contributed by atoms with Crippen molar-refractivity contribution < 1.29 is 9.59 Å². The number of aromatic nitrogens is 2. The van der Waals surface area contributed by atoms with E-state index in [1.54, 1.807) is 36.2 Å². The molecule has 0 atom stereocenters. The van der Waals surface area contributed by atoms with Crippen molar-refractivity contribution in [2.45, 2.75) is 6.92 Å². The van der Waals surface area contributed by atoms with E-state index in [1.165, 1.54) is 34.2 Å². The van der Waals surface area contributed by atoms with Crippen LogP contribution in [0.2, 0.25) is 5.02 Å². The molecule has 4 aromatic rings. The predicted molar refractivity (Wildman–Crippen MR) is 127 cm³/mol. The van der Waals surface area contributed by atoms with Gasteiger partial charge in [-0.3, -0.25) is 19.1 Å². The number of hydrogen-bond acceptors (Lipinski definition) is 4. The van der Waals surface area contributed by atoms with Crippen molar-refractivity contribution in [3.8, 4) is 5.69 Å². The second kappa shape index (κ2) is 8.86. The van der Waals surface area contributed by atoms with Crippen molar-refractivity contribution in [2.75, 3.05) is 10.6 Å². The second-order valence-electron chi connectivity index (χ2n) is 7.02. The summed E-state index contributed by atoms with van der Waals surface area (Å²) in [6.07, 6.45) is 0. The average Bonchev–Trinajstić information content (AvgIpc) is 3.40. The molecule has 0 aliphatic heterocycles. The molecule has 7 nitrogen and oxygen atoms in total. The number of benzene rings is 2. The number of anilines is 2. The monoisotopic (exact) mass is 466 g/mol. The lowest BCUT2D eigenvalue weighted by Gasteiger charge is -2.09. The Balaban J connectivity index is 1.61. The molecule has 0 saturated carbocycles. The Kier molecular flexibility index (Phi) is 5.98. The molecule has 0 saturated heterocycles. The summed E-state index contributed by atoms with van der Waals surface area (Å²) in [7, 11) is 1.75. The van der Waals surface area contributed by atoms with Crippen LogP contribution < -0.4 is 16.2 Å². The van der Waals surface area contributed by atoms with Crippen molar-refractivity contribution in [3.05, 3.63) is 97.6 Å². The molecule has 0 unspecified atom stereocenters. The van der Waals surface area contributed by atoms with Gasteiger partial charge >= 0.3 is 0 Å². The van der Waals surface area contributed by atoms with E-state index in [0.717, 1.165) is 0 Å². The number of nitrogens with zero attached hydrogens (tertiary/aromatic N) is 2. The van der Waals surface area contributed by atoms with Gasteiger partial charge in [0.1, 0.15) is 5.69 Å². The molecule has 2 aromatic heterocycles. The van der Waals surface area contributed by atoms with E-state index in [9.17, 15) is 14.4 Å². The maximum absolute atomic E-state index is 13.0. The van der Waals surface area contributed by atoms with Crippen LogP contribution in [0.3, 0.4) is 0 Å². The van der Waals surface area contributed by atoms with Crippen LogP contribution in [0, 0.1) is 6.92 Å². The molecular formula is C23H19ClN4O3S. The number of halogens is 1. The topological polar surface area (TPSA) is 85.1 Å². The largest absolute Gasteiger partial charge is 0.320 e. The summed E-state index contributed by atoms with van der Waals surface area (Å²) in [5.74, 6) is -0.802. The molecule has 2 amide bonds. The van der Waals surface area contributed by atoms with Crippen LogP contribution in [-0.4, -0.2) is 21.2 Å².